The molecule has 0 saturated heterocycles. The third-order valence-corrected chi connectivity index (χ3v) is 3.36. The van der Waals surface area contributed by atoms with Crippen molar-refractivity contribution < 1.29 is 27.8 Å². The molecule has 0 atom stereocenters. The highest BCUT2D eigenvalue weighted by Gasteiger charge is 2.30. The Kier molecular flexibility index (Phi) is 3.88. The molecule has 0 aliphatic heterocycles. The van der Waals surface area contributed by atoms with E-state index in [4.69, 9.17) is 9.84 Å². The first-order chi connectivity index (χ1) is 11.3. The number of halogens is 3. The van der Waals surface area contributed by atoms with Gasteiger partial charge in [0.1, 0.15) is 18.1 Å². The van der Waals surface area contributed by atoms with Crippen molar-refractivity contribution in [1.82, 2.24) is 9.97 Å². The average Bonchev–Trinajstić information content (AvgIpc) is 2.96. The van der Waals surface area contributed by atoms with Gasteiger partial charge >= 0.3 is 12.1 Å². The number of aromatic amines is 1. The van der Waals surface area contributed by atoms with Gasteiger partial charge in [0.2, 0.25) is 0 Å². The molecular weight excluding hydrogens is 325 g/mol. The number of nitrogens with one attached hydrogen (secondary N) is 1. The number of alkyl halides is 3. The van der Waals surface area contributed by atoms with Crippen LogP contribution >= 0.6 is 0 Å². The second kappa shape index (κ2) is 5.88. The Balaban J connectivity index is 1.72. The quantitative estimate of drug-likeness (QED) is 0.759. The van der Waals surface area contributed by atoms with Gasteiger partial charge in [0.05, 0.1) is 11.3 Å². The molecule has 3 rings (SSSR count). The summed E-state index contributed by atoms with van der Waals surface area (Å²) in [5.41, 5.74) is 0.239. The van der Waals surface area contributed by atoms with Crippen LogP contribution in [0.4, 0.5) is 13.2 Å². The Morgan fingerprint density at radius 2 is 2.00 bits per heavy atom. The molecule has 5 nitrogen and oxygen atoms in total. The van der Waals surface area contributed by atoms with Gasteiger partial charge in [-0.15, -0.1) is 0 Å². The number of pyridine rings is 1. The number of ether oxygens (including phenoxy) is 1. The van der Waals surface area contributed by atoms with Crippen LogP contribution < -0.4 is 4.74 Å². The number of fused-ring (bicyclic) bond motifs is 1. The molecule has 0 fully saturated rings. The second-order valence-corrected chi connectivity index (χ2v) is 5.06. The van der Waals surface area contributed by atoms with Crippen molar-refractivity contribution in [3.05, 3.63) is 59.5 Å². The molecule has 0 unspecified atom stereocenters. The molecule has 124 valence electrons. The zero-order valence-corrected chi connectivity index (χ0v) is 12.1. The van der Waals surface area contributed by atoms with Gasteiger partial charge in [0.15, 0.2) is 0 Å². The lowest BCUT2D eigenvalue weighted by molar-refractivity contribution is -0.137. The third kappa shape index (κ3) is 3.32. The molecule has 0 radical (unpaired) electrons. The predicted molar refractivity (Wildman–Crippen MR) is 78.8 cm³/mol. The Bertz CT molecular complexity index is 886. The van der Waals surface area contributed by atoms with Gasteiger partial charge in [-0.1, -0.05) is 0 Å². The summed E-state index contributed by atoms with van der Waals surface area (Å²) in [5.74, 6) is -0.609. The van der Waals surface area contributed by atoms with E-state index in [9.17, 15) is 18.0 Å². The second-order valence-electron chi connectivity index (χ2n) is 5.06. The van der Waals surface area contributed by atoms with E-state index in [1.165, 1.54) is 12.1 Å². The van der Waals surface area contributed by atoms with E-state index in [0.717, 1.165) is 12.3 Å². The molecule has 0 saturated carbocycles. The molecule has 0 amide bonds. The largest absolute Gasteiger partial charge is 0.487 e. The number of aromatic carboxylic acids is 1. The van der Waals surface area contributed by atoms with Gasteiger partial charge in [0.25, 0.3) is 0 Å². The monoisotopic (exact) mass is 336 g/mol. The van der Waals surface area contributed by atoms with Crippen molar-refractivity contribution >= 4 is 16.9 Å². The van der Waals surface area contributed by atoms with Gasteiger partial charge < -0.3 is 14.8 Å². The minimum atomic E-state index is -4.42. The number of hydrogen-bond donors (Lipinski definition) is 2. The van der Waals surface area contributed by atoms with Crippen molar-refractivity contribution in [2.75, 3.05) is 0 Å². The number of carboxylic acids is 1. The lowest BCUT2D eigenvalue weighted by Gasteiger charge is -2.08. The van der Waals surface area contributed by atoms with Crippen molar-refractivity contribution in [2.45, 2.75) is 12.8 Å². The Hall–Kier alpha value is -3.03. The summed E-state index contributed by atoms with van der Waals surface area (Å²) in [6, 6.07) is 8.61. The molecule has 24 heavy (non-hydrogen) atoms. The SMILES string of the molecule is O=C(O)c1cc2cc(OCc3ccc(C(F)(F)F)cn3)ccc2[nH]1. The fraction of sp³-hybridized carbons (Fsp3) is 0.125. The van der Waals surface area contributed by atoms with E-state index >= 15 is 0 Å². The highest BCUT2D eigenvalue weighted by atomic mass is 19.4. The summed E-state index contributed by atoms with van der Waals surface area (Å²) in [5, 5.41) is 9.59. The maximum absolute atomic E-state index is 12.5. The van der Waals surface area contributed by atoms with Crippen LogP contribution in [0.1, 0.15) is 21.7 Å². The fourth-order valence-electron chi connectivity index (χ4n) is 2.15. The summed E-state index contributed by atoms with van der Waals surface area (Å²) >= 11 is 0. The van der Waals surface area contributed by atoms with E-state index in [1.807, 2.05) is 0 Å². The van der Waals surface area contributed by atoms with Crippen LogP contribution in [0.2, 0.25) is 0 Å². The van der Waals surface area contributed by atoms with Gasteiger partial charge in [0, 0.05) is 17.1 Å². The normalized spacial score (nSPS) is 11.6. The number of rotatable bonds is 4. The molecule has 0 spiro atoms. The van der Waals surface area contributed by atoms with E-state index in [0.29, 0.717) is 22.3 Å². The molecule has 0 bridgehead atoms. The molecule has 0 aliphatic rings. The van der Waals surface area contributed by atoms with Gasteiger partial charge in [-0.25, -0.2) is 4.79 Å². The Morgan fingerprint density at radius 3 is 2.62 bits per heavy atom. The maximum Gasteiger partial charge on any atom is 0.417 e. The van der Waals surface area contributed by atoms with Crippen LogP contribution in [0.25, 0.3) is 10.9 Å². The van der Waals surface area contributed by atoms with Crippen LogP contribution in [0, 0.1) is 0 Å². The first-order valence-corrected chi connectivity index (χ1v) is 6.84. The number of carboxylic acid groups (broad SMARTS) is 1. The van der Waals surface area contributed by atoms with E-state index < -0.39 is 17.7 Å². The summed E-state index contributed by atoms with van der Waals surface area (Å²) < 4.78 is 42.9. The van der Waals surface area contributed by atoms with E-state index in [-0.39, 0.29) is 12.3 Å². The third-order valence-electron chi connectivity index (χ3n) is 3.36. The minimum Gasteiger partial charge on any atom is -0.487 e. The molecular formula is C16H11F3N2O3. The van der Waals surface area contributed by atoms with Crippen LogP contribution in [-0.4, -0.2) is 21.0 Å². The molecule has 2 aromatic heterocycles. The predicted octanol–water partition coefficient (Wildman–Crippen LogP) is 3.86. The highest BCUT2D eigenvalue weighted by Crippen LogP contribution is 2.28. The number of benzene rings is 1. The highest BCUT2D eigenvalue weighted by molar-refractivity contribution is 5.94. The molecule has 0 aliphatic carbocycles. The number of aromatic nitrogens is 2. The zero-order chi connectivity index (χ0) is 17.3. The molecule has 2 heterocycles. The van der Waals surface area contributed by atoms with Crippen molar-refractivity contribution in [1.29, 1.82) is 0 Å². The van der Waals surface area contributed by atoms with Crippen LogP contribution in [0.15, 0.2) is 42.6 Å². The Labute approximate surface area is 133 Å². The lowest BCUT2D eigenvalue weighted by Crippen LogP contribution is -2.06. The standard InChI is InChI=1S/C16H11F3N2O3/c17-16(18,19)10-1-2-11(20-7-10)8-24-12-3-4-13-9(5-12)6-14(21-13)15(22)23/h1-7,21H,8H2,(H,22,23). The van der Waals surface area contributed by atoms with Gasteiger partial charge in [-0.2, -0.15) is 13.2 Å². The molecule has 8 heteroatoms. The van der Waals surface area contributed by atoms with E-state index in [1.54, 1.807) is 18.2 Å². The molecule has 3 aromatic rings. The average molecular weight is 336 g/mol. The maximum atomic E-state index is 12.5. The lowest BCUT2D eigenvalue weighted by atomic mass is 10.2. The van der Waals surface area contributed by atoms with Crippen LogP contribution in [0.5, 0.6) is 5.75 Å². The van der Waals surface area contributed by atoms with Crippen LogP contribution in [-0.2, 0) is 12.8 Å². The fourth-order valence-corrected chi connectivity index (χ4v) is 2.15. The molecule has 2 N–H and O–H groups in total. The van der Waals surface area contributed by atoms with Crippen molar-refractivity contribution in [2.24, 2.45) is 0 Å². The summed E-state index contributed by atoms with van der Waals surface area (Å²) in [7, 11) is 0. The topological polar surface area (TPSA) is 75.2 Å². The number of H-pyrrole nitrogens is 1. The first-order valence-electron chi connectivity index (χ1n) is 6.84. The number of carbonyl (C=O) groups is 1. The van der Waals surface area contributed by atoms with Crippen molar-refractivity contribution in [3.63, 3.8) is 0 Å². The Morgan fingerprint density at radius 1 is 1.21 bits per heavy atom. The summed E-state index contributed by atoms with van der Waals surface area (Å²) in [4.78, 5) is 17.4. The zero-order valence-electron chi connectivity index (χ0n) is 12.1. The van der Waals surface area contributed by atoms with Crippen molar-refractivity contribution in [3.8, 4) is 5.75 Å². The van der Waals surface area contributed by atoms with Gasteiger partial charge in [-0.3, -0.25) is 4.98 Å². The summed E-state index contributed by atoms with van der Waals surface area (Å²) in [6.07, 6.45) is -3.67. The first kappa shape index (κ1) is 15.9. The summed E-state index contributed by atoms with van der Waals surface area (Å²) in [6.45, 7) is -0.000144. The molecule has 1 aromatic carbocycles. The minimum absolute atomic E-state index is 0.000144. The number of nitrogens with zero attached hydrogens (tertiary/aromatic N) is 1. The van der Waals surface area contributed by atoms with E-state index in [2.05, 4.69) is 9.97 Å². The van der Waals surface area contributed by atoms with Crippen LogP contribution in [0.3, 0.4) is 0 Å². The smallest absolute Gasteiger partial charge is 0.417 e. The van der Waals surface area contributed by atoms with Gasteiger partial charge in [-0.05, 0) is 36.4 Å². The number of hydrogen-bond acceptors (Lipinski definition) is 3.